The standard InChI is InChI=1S/C21H24N2O3/c1-14-11-12-15(13-19(14)26-2)20(24)23-18-10-6-5-9-17(18)21(25)22-16-7-3-4-8-16/h5-6,9-13,16H,3-4,7-8H2,1-2H3,(H,22,25)(H,23,24). The molecule has 5 heteroatoms. The van der Waals surface area contributed by atoms with Gasteiger partial charge in [-0.25, -0.2) is 0 Å². The fourth-order valence-electron chi connectivity index (χ4n) is 3.28. The Bertz CT molecular complexity index is 811. The minimum absolute atomic E-state index is 0.144. The molecule has 0 spiro atoms. The number of ether oxygens (including phenoxy) is 1. The van der Waals surface area contributed by atoms with Crippen molar-refractivity contribution in [1.82, 2.24) is 5.32 Å². The summed E-state index contributed by atoms with van der Waals surface area (Å²) in [5.41, 5.74) is 2.43. The Morgan fingerprint density at radius 3 is 2.50 bits per heavy atom. The van der Waals surface area contributed by atoms with Crippen LogP contribution in [0.4, 0.5) is 5.69 Å². The molecule has 1 fully saturated rings. The maximum absolute atomic E-state index is 12.6. The van der Waals surface area contributed by atoms with E-state index in [0.717, 1.165) is 31.2 Å². The van der Waals surface area contributed by atoms with Crippen molar-refractivity contribution in [2.24, 2.45) is 0 Å². The van der Waals surface area contributed by atoms with Gasteiger partial charge in [-0.05, 0) is 49.6 Å². The van der Waals surface area contributed by atoms with Gasteiger partial charge in [0, 0.05) is 11.6 Å². The van der Waals surface area contributed by atoms with E-state index in [0.29, 0.717) is 22.6 Å². The molecule has 1 saturated carbocycles. The fourth-order valence-corrected chi connectivity index (χ4v) is 3.28. The number of carbonyl (C=O) groups excluding carboxylic acids is 2. The van der Waals surface area contributed by atoms with Crippen molar-refractivity contribution in [1.29, 1.82) is 0 Å². The normalized spacial score (nSPS) is 14.1. The molecule has 0 heterocycles. The largest absolute Gasteiger partial charge is 0.496 e. The maximum atomic E-state index is 12.6. The number of carbonyl (C=O) groups is 2. The first kappa shape index (κ1) is 18.0. The molecule has 2 amide bonds. The minimum Gasteiger partial charge on any atom is -0.496 e. The van der Waals surface area contributed by atoms with E-state index in [9.17, 15) is 9.59 Å². The summed E-state index contributed by atoms with van der Waals surface area (Å²) in [4.78, 5) is 25.2. The van der Waals surface area contributed by atoms with Crippen molar-refractivity contribution in [2.75, 3.05) is 12.4 Å². The molecule has 0 bridgehead atoms. The van der Waals surface area contributed by atoms with Crippen LogP contribution in [0, 0.1) is 6.92 Å². The highest BCUT2D eigenvalue weighted by molar-refractivity contribution is 6.09. The van der Waals surface area contributed by atoms with Crippen LogP contribution < -0.4 is 15.4 Å². The second-order valence-corrected chi connectivity index (χ2v) is 6.64. The third-order valence-corrected chi connectivity index (χ3v) is 4.78. The first-order valence-electron chi connectivity index (χ1n) is 8.94. The lowest BCUT2D eigenvalue weighted by Crippen LogP contribution is -2.33. The molecule has 0 radical (unpaired) electrons. The third kappa shape index (κ3) is 4.04. The molecule has 0 aliphatic heterocycles. The molecule has 0 aromatic heterocycles. The second-order valence-electron chi connectivity index (χ2n) is 6.64. The molecule has 5 nitrogen and oxygen atoms in total. The monoisotopic (exact) mass is 352 g/mol. The summed E-state index contributed by atoms with van der Waals surface area (Å²) in [6.07, 6.45) is 4.34. The van der Waals surface area contributed by atoms with Gasteiger partial charge < -0.3 is 15.4 Å². The van der Waals surface area contributed by atoms with Gasteiger partial charge in [0.25, 0.3) is 11.8 Å². The quantitative estimate of drug-likeness (QED) is 0.857. The Morgan fingerprint density at radius 1 is 1.04 bits per heavy atom. The van der Waals surface area contributed by atoms with E-state index in [2.05, 4.69) is 10.6 Å². The van der Waals surface area contributed by atoms with Crippen molar-refractivity contribution in [3.8, 4) is 5.75 Å². The first-order chi connectivity index (χ1) is 12.6. The van der Waals surface area contributed by atoms with E-state index in [1.54, 1.807) is 43.5 Å². The van der Waals surface area contributed by atoms with E-state index in [1.807, 2.05) is 13.0 Å². The van der Waals surface area contributed by atoms with E-state index in [4.69, 9.17) is 4.74 Å². The molecular formula is C21H24N2O3. The minimum atomic E-state index is -0.274. The van der Waals surface area contributed by atoms with Crippen LogP contribution in [0.2, 0.25) is 0 Å². The van der Waals surface area contributed by atoms with Crippen molar-refractivity contribution in [2.45, 2.75) is 38.6 Å². The van der Waals surface area contributed by atoms with Gasteiger partial charge in [-0.2, -0.15) is 0 Å². The van der Waals surface area contributed by atoms with Crippen LogP contribution in [-0.4, -0.2) is 25.0 Å². The summed E-state index contributed by atoms with van der Waals surface area (Å²) in [5.74, 6) is 0.239. The summed E-state index contributed by atoms with van der Waals surface area (Å²) in [6.45, 7) is 1.92. The van der Waals surface area contributed by atoms with Crippen LogP contribution in [0.1, 0.15) is 52.0 Å². The number of rotatable bonds is 5. The molecule has 3 rings (SSSR count). The molecule has 2 aromatic carbocycles. The van der Waals surface area contributed by atoms with Crippen LogP contribution in [0.15, 0.2) is 42.5 Å². The molecule has 2 aromatic rings. The number of benzene rings is 2. The van der Waals surface area contributed by atoms with Gasteiger partial charge in [0.05, 0.1) is 18.4 Å². The van der Waals surface area contributed by atoms with Crippen molar-refractivity contribution in [3.05, 3.63) is 59.2 Å². The lowest BCUT2D eigenvalue weighted by molar-refractivity contribution is 0.0939. The van der Waals surface area contributed by atoms with Crippen LogP contribution >= 0.6 is 0 Å². The third-order valence-electron chi connectivity index (χ3n) is 4.78. The molecule has 0 saturated heterocycles. The number of methoxy groups -OCH3 is 1. The van der Waals surface area contributed by atoms with Crippen LogP contribution in [0.3, 0.4) is 0 Å². The maximum Gasteiger partial charge on any atom is 0.255 e. The fraction of sp³-hybridized carbons (Fsp3) is 0.333. The predicted octanol–water partition coefficient (Wildman–Crippen LogP) is 3.93. The lowest BCUT2D eigenvalue weighted by atomic mass is 10.1. The number of anilines is 1. The van der Waals surface area contributed by atoms with Crippen molar-refractivity contribution in [3.63, 3.8) is 0 Å². The average Bonchev–Trinajstić information content (AvgIpc) is 3.15. The summed E-state index contributed by atoms with van der Waals surface area (Å²) in [6, 6.07) is 12.6. The SMILES string of the molecule is COc1cc(C(=O)Nc2ccccc2C(=O)NC2CCCC2)ccc1C. The smallest absolute Gasteiger partial charge is 0.255 e. The van der Waals surface area contributed by atoms with Crippen molar-refractivity contribution >= 4 is 17.5 Å². The van der Waals surface area contributed by atoms with Gasteiger partial charge in [0.15, 0.2) is 0 Å². The predicted molar refractivity (Wildman–Crippen MR) is 102 cm³/mol. The first-order valence-corrected chi connectivity index (χ1v) is 8.94. The zero-order valence-electron chi connectivity index (χ0n) is 15.2. The van der Waals surface area contributed by atoms with Gasteiger partial charge in [-0.1, -0.05) is 31.0 Å². The van der Waals surface area contributed by atoms with E-state index in [1.165, 1.54) is 0 Å². The Balaban J connectivity index is 1.77. The molecular weight excluding hydrogens is 328 g/mol. The molecule has 26 heavy (non-hydrogen) atoms. The van der Waals surface area contributed by atoms with Gasteiger partial charge in [-0.15, -0.1) is 0 Å². The summed E-state index contributed by atoms with van der Waals surface area (Å²) >= 11 is 0. The molecule has 1 aliphatic carbocycles. The summed E-state index contributed by atoms with van der Waals surface area (Å²) in [5, 5.41) is 5.91. The molecule has 136 valence electrons. The van der Waals surface area contributed by atoms with Crippen LogP contribution in [0.25, 0.3) is 0 Å². The summed E-state index contributed by atoms with van der Waals surface area (Å²) < 4.78 is 5.28. The zero-order chi connectivity index (χ0) is 18.5. The number of hydrogen-bond donors (Lipinski definition) is 2. The number of hydrogen-bond acceptors (Lipinski definition) is 3. The molecule has 1 aliphatic rings. The van der Waals surface area contributed by atoms with E-state index >= 15 is 0 Å². The van der Waals surface area contributed by atoms with Gasteiger partial charge in [0.1, 0.15) is 5.75 Å². The number of para-hydroxylation sites is 1. The highest BCUT2D eigenvalue weighted by atomic mass is 16.5. The van der Waals surface area contributed by atoms with Crippen LogP contribution in [-0.2, 0) is 0 Å². The zero-order valence-corrected chi connectivity index (χ0v) is 15.2. The topological polar surface area (TPSA) is 67.4 Å². The number of amides is 2. The Labute approximate surface area is 153 Å². The molecule has 2 N–H and O–H groups in total. The van der Waals surface area contributed by atoms with Crippen LogP contribution in [0.5, 0.6) is 5.75 Å². The molecule has 0 unspecified atom stereocenters. The Hall–Kier alpha value is -2.82. The number of nitrogens with one attached hydrogen (secondary N) is 2. The average molecular weight is 352 g/mol. The van der Waals surface area contributed by atoms with E-state index in [-0.39, 0.29) is 17.9 Å². The Kier molecular flexibility index (Phi) is 5.56. The summed E-state index contributed by atoms with van der Waals surface area (Å²) in [7, 11) is 1.58. The lowest BCUT2D eigenvalue weighted by Gasteiger charge is -2.15. The number of aryl methyl sites for hydroxylation is 1. The highest BCUT2D eigenvalue weighted by Crippen LogP contribution is 2.22. The Morgan fingerprint density at radius 2 is 1.77 bits per heavy atom. The highest BCUT2D eigenvalue weighted by Gasteiger charge is 2.20. The van der Waals surface area contributed by atoms with E-state index < -0.39 is 0 Å². The van der Waals surface area contributed by atoms with Gasteiger partial charge >= 0.3 is 0 Å². The second kappa shape index (κ2) is 8.04. The molecule has 0 atom stereocenters. The van der Waals surface area contributed by atoms with Gasteiger partial charge in [-0.3, -0.25) is 9.59 Å². The van der Waals surface area contributed by atoms with Gasteiger partial charge in [0.2, 0.25) is 0 Å². The van der Waals surface area contributed by atoms with Crippen molar-refractivity contribution < 1.29 is 14.3 Å².